The molecule has 12 nitrogen and oxygen atoms in total. The van der Waals surface area contributed by atoms with Crippen molar-refractivity contribution in [1.29, 1.82) is 0 Å². The van der Waals surface area contributed by atoms with Gasteiger partial charge in [-0.25, -0.2) is 0 Å². The van der Waals surface area contributed by atoms with E-state index in [1.807, 2.05) is 78.9 Å². The van der Waals surface area contributed by atoms with Crippen molar-refractivity contribution in [2.45, 2.75) is 49.5 Å². The molecule has 0 saturated carbocycles. The molecule has 15 rings (SSSR count). The summed E-state index contributed by atoms with van der Waals surface area (Å²) in [5, 5.41) is 27.3. The Kier molecular flexibility index (Phi) is 13.7. The van der Waals surface area contributed by atoms with Gasteiger partial charge in [0.05, 0.1) is 4.70 Å². The fraction of sp³-hybridized carbons (Fsp3) is 0.108. The van der Waals surface area contributed by atoms with E-state index in [0.29, 0.717) is 58.8 Å². The third-order valence-electron chi connectivity index (χ3n) is 17.1. The Morgan fingerprint density at radius 1 is 0.416 bits per heavy atom. The highest BCUT2D eigenvalue weighted by atomic mass is 32.1. The van der Waals surface area contributed by atoms with E-state index in [0.717, 1.165) is 55.6 Å². The van der Waals surface area contributed by atoms with E-state index in [1.54, 1.807) is 133 Å². The predicted molar refractivity (Wildman–Crippen MR) is 342 cm³/mol. The van der Waals surface area contributed by atoms with Gasteiger partial charge in [0, 0.05) is 68.8 Å². The number of hydrogen-bond acceptors (Lipinski definition) is 15. The summed E-state index contributed by atoms with van der Waals surface area (Å²) in [5.74, 6) is -5.15. The van der Waals surface area contributed by atoms with Crippen LogP contribution in [0.4, 0.5) is 0 Å². The van der Waals surface area contributed by atoms with Gasteiger partial charge in [0.1, 0.15) is 38.6 Å². The number of thiophene rings is 3. The van der Waals surface area contributed by atoms with Crippen molar-refractivity contribution in [2.24, 2.45) is 0 Å². The number of aliphatic hydroxyl groups excluding tert-OH is 2. The Balaban J connectivity index is 0.976. The van der Waals surface area contributed by atoms with E-state index in [4.69, 9.17) is 18.9 Å². The number of hydrogen-bond donors (Lipinski definition) is 2. The molecule has 0 fully saturated rings. The van der Waals surface area contributed by atoms with Crippen molar-refractivity contribution in [3.05, 3.63) is 293 Å². The first-order chi connectivity index (χ1) is 43.4. The van der Waals surface area contributed by atoms with Crippen LogP contribution in [0, 0.1) is 0 Å². The van der Waals surface area contributed by atoms with Crippen LogP contribution in [-0.4, -0.2) is 45.7 Å². The van der Waals surface area contributed by atoms with Gasteiger partial charge >= 0.3 is 23.9 Å². The van der Waals surface area contributed by atoms with Crippen LogP contribution >= 0.6 is 34.0 Å². The maximum Gasteiger partial charge on any atom is 0.333 e. The summed E-state index contributed by atoms with van der Waals surface area (Å²) in [5.41, 5.74) is -1.28. The van der Waals surface area contributed by atoms with Gasteiger partial charge < -0.3 is 29.2 Å². The number of esters is 4. The Morgan fingerprint density at radius 3 is 1.19 bits per heavy atom. The van der Waals surface area contributed by atoms with E-state index in [2.05, 4.69) is 0 Å². The Labute approximate surface area is 520 Å². The van der Waals surface area contributed by atoms with Crippen molar-refractivity contribution >= 4 is 124 Å². The highest BCUT2D eigenvalue weighted by Crippen LogP contribution is 2.69. The summed E-state index contributed by atoms with van der Waals surface area (Å²) in [6, 6.07) is 61.2. The van der Waals surface area contributed by atoms with Gasteiger partial charge in [-0.3, -0.25) is 28.8 Å². The molecular formula is C74H48O12S3. The molecule has 2 N–H and O–H groups in total. The van der Waals surface area contributed by atoms with Crippen LogP contribution in [0.1, 0.15) is 96.9 Å². The zero-order valence-corrected chi connectivity index (χ0v) is 49.4. The van der Waals surface area contributed by atoms with Gasteiger partial charge in [-0.2, -0.15) is 0 Å². The first kappa shape index (κ1) is 55.6. The highest BCUT2D eigenvalue weighted by Gasteiger charge is 2.72. The molecule has 0 bridgehead atoms. The van der Waals surface area contributed by atoms with Crippen LogP contribution < -0.4 is 0 Å². The number of ether oxygens (including phenoxy) is 4. The normalized spacial score (nSPS) is 17.5. The molecule has 8 aromatic carbocycles. The number of fused-ring (bicyclic) bond motifs is 10. The quantitative estimate of drug-likeness (QED) is 0.0456. The molecule has 0 saturated heterocycles. The molecule has 0 radical (unpaired) electrons. The second-order valence-corrected chi connectivity index (χ2v) is 25.5. The molecule has 0 aliphatic heterocycles. The first-order valence-electron chi connectivity index (χ1n) is 28.7. The van der Waals surface area contributed by atoms with Crippen molar-refractivity contribution in [1.82, 2.24) is 0 Å². The fourth-order valence-electron chi connectivity index (χ4n) is 12.8. The van der Waals surface area contributed by atoms with E-state index in [-0.39, 0.29) is 80.3 Å². The summed E-state index contributed by atoms with van der Waals surface area (Å²) >= 11 is 3.28. The molecule has 89 heavy (non-hydrogen) atoms. The molecule has 0 spiro atoms. The molecular weight excluding hydrogens is 1180 g/mol. The number of benzene rings is 8. The molecule has 2 unspecified atom stereocenters. The summed E-state index contributed by atoms with van der Waals surface area (Å²) in [6.07, 6.45) is 0.471. The number of carbonyl (C=O) groups is 6. The lowest BCUT2D eigenvalue weighted by Gasteiger charge is -2.29. The number of ketones is 2. The predicted octanol–water partition coefficient (Wildman–Crippen LogP) is 14.3. The smallest absolute Gasteiger partial charge is 0.333 e. The van der Waals surface area contributed by atoms with Crippen molar-refractivity contribution in [2.75, 3.05) is 0 Å². The van der Waals surface area contributed by atoms with Gasteiger partial charge in [-0.15, -0.1) is 34.0 Å². The van der Waals surface area contributed by atoms with Crippen molar-refractivity contribution < 1.29 is 57.9 Å². The molecule has 15 heteroatoms. The van der Waals surface area contributed by atoms with Crippen LogP contribution in [0.2, 0.25) is 0 Å². The molecule has 3 heterocycles. The van der Waals surface area contributed by atoms with Gasteiger partial charge in [-0.05, 0) is 103 Å². The molecule has 11 aromatic rings. The molecule has 0 amide bonds. The van der Waals surface area contributed by atoms with Crippen LogP contribution in [0.25, 0.3) is 54.2 Å². The third-order valence-corrected chi connectivity index (χ3v) is 20.5. The maximum atomic E-state index is 16.5. The first-order valence-corrected chi connectivity index (χ1v) is 31.1. The highest BCUT2D eigenvalue weighted by molar-refractivity contribution is 7.29. The Bertz CT molecular complexity index is 4790. The monoisotopic (exact) mass is 1220 g/mol. The molecule has 434 valence electrons. The minimum absolute atomic E-state index is 0.00328. The van der Waals surface area contributed by atoms with Crippen LogP contribution in [0.3, 0.4) is 0 Å². The zero-order chi connectivity index (χ0) is 60.7. The van der Waals surface area contributed by atoms with E-state index >= 15 is 19.2 Å². The van der Waals surface area contributed by atoms with E-state index in [1.165, 1.54) is 6.08 Å². The fourth-order valence-corrected chi connectivity index (χ4v) is 16.9. The van der Waals surface area contributed by atoms with Gasteiger partial charge in [0.15, 0.2) is 11.6 Å². The van der Waals surface area contributed by atoms with E-state index in [9.17, 15) is 19.8 Å². The van der Waals surface area contributed by atoms with Crippen molar-refractivity contribution in [3.63, 3.8) is 0 Å². The summed E-state index contributed by atoms with van der Waals surface area (Å²) in [6.45, 7) is -1.25. The van der Waals surface area contributed by atoms with E-state index < -0.39 is 52.7 Å². The summed E-state index contributed by atoms with van der Waals surface area (Å²) < 4.78 is 26.5. The van der Waals surface area contributed by atoms with Gasteiger partial charge in [-0.1, -0.05) is 170 Å². The number of Topliss-reactive ketones (excluding diaryl/α,β-unsaturated/α-hetero) is 2. The minimum Gasteiger partial charge on any atom is -0.459 e. The lowest BCUT2D eigenvalue weighted by molar-refractivity contribution is -0.165. The maximum absolute atomic E-state index is 16.5. The number of rotatable bonds is 14. The number of carbonyl (C=O) groups excluding carboxylic acids is 6. The number of aliphatic hydroxyl groups is 2. The third kappa shape index (κ3) is 8.98. The lowest BCUT2D eigenvalue weighted by atomic mass is 9.76. The SMILES string of the molecule is O=C1/C(=C/c2cc3c(s2)C2=C(c4sc5cc(/C=C6/C(=O)c7cc8ccccc8cc7C6O)sc5c4C2(C(=O)OCc2ccccc2)C(=O)OCc2ccccc2)C3(C(=O)OCc2ccccc2)C(=O)OCc2ccccc2)C(O)c2cc3ccccc3cc21. The standard InChI is InChI=1S/C74H48O12S3/c75-62-51-29-45-25-13-14-26-46(45)30-52(51)63(76)55(62)33-49-35-57-66(87-49)59-60(73(57,69(79)83-37-41-17-5-1-6-18-41)70(80)84-38-42-19-7-2-8-20-42)68-61(74(59,71(81)85-39-43-21-9-3-10-22-43)72(82)86-40-44-23-11-4-12-24-44)67-58(89-68)36-50(88-67)34-56-64(77)53-31-47-27-15-16-28-48(47)32-54(53)65(56)78/h1-36,62,64,75,77H,37-40H2/b55-33+,56-34+. The topological polar surface area (TPSA) is 180 Å². The average molecular weight is 1230 g/mol. The van der Waals surface area contributed by atoms with Crippen LogP contribution in [0.5, 0.6) is 0 Å². The van der Waals surface area contributed by atoms with Crippen LogP contribution in [0.15, 0.2) is 217 Å². The lowest BCUT2D eigenvalue weighted by Crippen LogP contribution is -2.45. The molecule has 4 aliphatic carbocycles. The summed E-state index contributed by atoms with van der Waals surface area (Å²) in [7, 11) is 0. The second kappa shape index (κ2) is 22.0. The average Bonchev–Trinajstić information content (AvgIpc) is 1.48. The van der Waals surface area contributed by atoms with Crippen LogP contribution in [-0.2, 0) is 75.4 Å². The Hall–Kier alpha value is -10.0. The zero-order valence-electron chi connectivity index (χ0n) is 47.0. The second-order valence-electron chi connectivity index (χ2n) is 22.3. The molecule has 2 atom stereocenters. The van der Waals surface area contributed by atoms with Gasteiger partial charge in [0.25, 0.3) is 0 Å². The summed E-state index contributed by atoms with van der Waals surface area (Å²) in [4.78, 5) is 95.6. The molecule has 3 aromatic heterocycles. The minimum atomic E-state index is -2.63. The molecule has 4 aliphatic rings. The van der Waals surface area contributed by atoms with Crippen molar-refractivity contribution in [3.8, 4) is 0 Å². The Morgan fingerprint density at radius 2 is 0.775 bits per heavy atom. The van der Waals surface area contributed by atoms with Gasteiger partial charge in [0.2, 0.25) is 10.8 Å². The largest absolute Gasteiger partial charge is 0.459 e.